The lowest BCUT2D eigenvalue weighted by Crippen LogP contribution is -2.18. The first kappa shape index (κ1) is 24.3. The lowest BCUT2D eigenvalue weighted by Gasteiger charge is -2.12. The summed E-state index contributed by atoms with van der Waals surface area (Å²) in [4.78, 5) is 30.0. The molecule has 0 aliphatic heterocycles. The quantitative estimate of drug-likeness (QED) is 0.334. The van der Waals surface area contributed by atoms with Crippen LogP contribution in [0.25, 0.3) is 11.1 Å². The van der Waals surface area contributed by atoms with Gasteiger partial charge in [0.25, 0.3) is 11.8 Å². The highest BCUT2D eigenvalue weighted by atomic mass is 79.9. The van der Waals surface area contributed by atoms with Crippen LogP contribution in [0.4, 0.5) is 11.5 Å². The van der Waals surface area contributed by atoms with Gasteiger partial charge in [-0.25, -0.2) is 13.4 Å². The molecule has 0 bridgehead atoms. The van der Waals surface area contributed by atoms with E-state index in [9.17, 15) is 18.0 Å². The van der Waals surface area contributed by atoms with E-state index in [1.54, 1.807) is 91.1 Å². The first-order valence-corrected chi connectivity index (χ1v) is 13.1. The number of amides is 2. The number of pyridine rings is 1. The molecule has 0 spiro atoms. The summed E-state index contributed by atoms with van der Waals surface area (Å²) in [5.74, 6) is -0.442. The van der Waals surface area contributed by atoms with Crippen molar-refractivity contribution in [3.8, 4) is 11.1 Å². The molecule has 4 aromatic rings. The zero-order chi connectivity index (χ0) is 25.0. The number of halogens is 1. The van der Waals surface area contributed by atoms with Crippen LogP contribution in [0.5, 0.6) is 0 Å². The first-order valence-electron chi connectivity index (χ1n) is 10.5. The van der Waals surface area contributed by atoms with Crippen LogP contribution in [-0.2, 0) is 9.84 Å². The number of hydrogen-bond donors (Lipinski definition) is 2. The number of aromatic nitrogens is 1. The van der Waals surface area contributed by atoms with Crippen molar-refractivity contribution in [1.29, 1.82) is 0 Å². The second-order valence-electron chi connectivity index (χ2n) is 7.66. The largest absolute Gasteiger partial charge is 0.321 e. The molecule has 7 nitrogen and oxygen atoms in total. The zero-order valence-corrected chi connectivity index (χ0v) is 20.9. The molecule has 0 fully saturated rings. The number of hydrogen-bond acceptors (Lipinski definition) is 5. The molecule has 0 radical (unpaired) electrons. The van der Waals surface area contributed by atoms with Gasteiger partial charge in [-0.15, -0.1) is 0 Å². The van der Waals surface area contributed by atoms with Gasteiger partial charge in [0, 0.05) is 28.1 Å². The topological polar surface area (TPSA) is 105 Å². The number of nitrogens with one attached hydrogen (secondary N) is 2. The molecular formula is C26H20BrN3O4S. The van der Waals surface area contributed by atoms with Crippen LogP contribution >= 0.6 is 15.9 Å². The van der Waals surface area contributed by atoms with Gasteiger partial charge in [-0.1, -0.05) is 42.5 Å². The van der Waals surface area contributed by atoms with Crippen molar-refractivity contribution in [1.82, 2.24) is 4.98 Å². The maximum atomic E-state index is 12.9. The number of carbonyl (C=O) groups is 2. The Labute approximate surface area is 211 Å². The number of rotatable bonds is 6. The van der Waals surface area contributed by atoms with Crippen molar-refractivity contribution in [3.05, 3.63) is 107 Å². The normalized spacial score (nSPS) is 11.0. The summed E-state index contributed by atoms with van der Waals surface area (Å²) in [6.07, 6.45) is 2.73. The third-order valence-corrected chi connectivity index (χ3v) is 6.76. The lowest BCUT2D eigenvalue weighted by molar-refractivity contribution is 0.102. The van der Waals surface area contributed by atoms with Gasteiger partial charge in [-0.2, -0.15) is 0 Å². The highest BCUT2D eigenvalue weighted by Gasteiger charge is 2.17. The molecule has 4 rings (SSSR count). The van der Waals surface area contributed by atoms with Gasteiger partial charge in [0.05, 0.1) is 16.1 Å². The number of sulfone groups is 1. The molecule has 1 heterocycles. The van der Waals surface area contributed by atoms with Gasteiger partial charge in [-0.3, -0.25) is 9.59 Å². The maximum Gasteiger partial charge on any atom is 0.258 e. The molecule has 2 N–H and O–H groups in total. The second kappa shape index (κ2) is 10.2. The van der Waals surface area contributed by atoms with Gasteiger partial charge in [0.1, 0.15) is 5.82 Å². The monoisotopic (exact) mass is 549 g/mol. The van der Waals surface area contributed by atoms with E-state index in [0.717, 1.165) is 10.7 Å². The van der Waals surface area contributed by atoms with E-state index < -0.39 is 21.7 Å². The SMILES string of the molecule is CS(=O)(=O)c1ccccc1-c1ccc(C(=O)Nc2ccccc2C(=O)Nc2ccc(Br)cn2)cc1. The van der Waals surface area contributed by atoms with Crippen LogP contribution in [-0.4, -0.2) is 31.5 Å². The molecule has 176 valence electrons. The third-order valence-electron chi connectivity index (χ3n) is 5.13. The van der Waals surface area contributed by atoms with Crippen molar-refractivity contribution in [2.75, 3.05) is 16.9 Å². The molecule has 0 unspecified atom stereocenters. The number of benzene rings is 3. The number of anilines is 2. The fourth-order valence-electron chi connectivity index (χ4n) is 3.45. The van der Waals surface area contributed by atoms with Gasteiger partial charge >= 0.3 is 0 Å². The molecule has 0 saturated carbocycles. The summed E-state index contributed by atoms with van der Waals surface area (Å²) >= 11 is 3.30. The number of para-hydroxylation sites is 1. The minimum absolute atomic E-state index is 0.220. The van der Waals surface area contributed by atoms with E-state index in [4.69, 9.17) is 0 Å². The second-order valence-corrected chi connectivity index (χ2v) is 10.6. The molecule has 35 heavy (non-hydrogen) atoms. The number of nitrogens with zero attached hydrogens (tertiary/aromatic N) is 1. The molecule has 0 aliphatic carbocycles. The summed E-state index contributed by atoms with van der Waals surface area (Å²) in [6.45, 7) is 0. The standard InChI is InChI=1S/C26H20BrN3O4S/c1-35(33,34)23-9-5-3-6-20(23)17-10-12-18(13-11-17)25(31)29-22-8-4-2-7-21(22)26(32)30-24-15-14-19(27)16-28-24/h2-16H,1H3,(H,29,31)(H,28,30,32). The zero-order valence-electron chi connectivity index (χ0n) is 18.5. The lowest BCUT2D eigenvalue weighted by atomic mass is 10.0. The summed E-state index contributed by atoms with van der Waals surface area (Å²) in [7, 11) is -3.41. The Balaban J connectivity index is 1.53. The van der Waals surface area contributed by atoms with Crippen molar-refractivity contribution in [3.63, 3.8) is 0 Å². The molecule has 2 amide bonds. The Hall–Kier alpha value is -3.82. The first-order chi connectivity index (χ1) is 16.7. The fourth-order valence-corrected chi connectivity index (χ4v) is 4.59. The van der Waals surface area contributed by atoms with Crippen molar-refractivity contribution < 1.29 is 18.0 Å². The molecule has 0 saturated heterocycles. The van der Waals surface area contributed by atoms with Crippen LogP contribution < -0.4 is 10.6 Å². The Morgan fingerprint density at radius 1 is 0.800 bits per heavy atom. The molecular weight excluding hydrogens is 530 g/mol. The van der Waals surface area contributed by atoms with Crippen LogP contribution in [0.15, 0.2) is 100 Å². The fraction of sp³-hybridized carbons (Fsp3) is 0.0385. The van der Waals surface area contributed by atoms with Gasteiger partial charge in [0.2, 0.25) is 0 Å². The van der Waals surface area contributed by atoms with E-state index in [0.29, 0.717) is 28.2 Å². The summed E-state index contributed by atoms with van der Waals surface area (Å²) in [5.41, 5.74) is 2.22. The summed E-state index contributed by atoms with van der Waals surface area (Å²) < 4.78 is 25.0. The van der Waals surface area contributed by atoms with Crippen LogP contribution in [0.2, 0.25) is 0 Å². The van der Waals surface area contributed by atoms with E-state index in [-0.39, 0.29) is 10.5 Å². The average molecular weight is 550 g/mol. The Morgan fingerprint density at radius 3 is 2.17 bits per heavy atom. The molecule has 3 aromatic carbocycles. The third kappa shape index (κ3) is 5.82. The highest BCUT2D eigenvalue weighted by Crippen LogP contribution is 2.28. The maximum absolute atomic E-state index is 12.9. The van der Waals surface area contributed by atoms with Gasteiger partial charge in [0.15, 0.2) is 9.84 Å². The predicted octanol–water partition coefficient (Wildman–Crippen LogP) is 5.42. The van der Waals surface area contributed by atoms with Gasteiger partial charge in [-0.05, 0) is 64.0 Å². The minimum Gasteiger partial charge on any atom is -0.321 e. The van der Waals surface area contributed by atoms with Crippen LogP contribution in [0, 0.1) is 0 Å². The molecule has 0 aliphatic rings. The Morgan fingerprint density at radius 2 is 1.49 bits per heavy atom. The van der Waals surface area contributed by atoms with E-state index in [2.05, 4.69) is 31.5 Å². The van der Waals surface area contributed by atoms with Crippen molar-refractivity contribution >= 4 is 49.1 Å². The summed E-state index contributed by atoms with van der Waals surface area (Å²) in [5, 5.41) is 5.48. The smallest absolute Gasteiger partial charge is 0.258 e. The van der Waals surface area contributed by atoms with Gasteiger partial charge < -0.3 is 10.6 Å². The van der Waals surface area contributed by atoms with E-state index >= 15 is 0 Å². The Bertz CT molecular complexity index is 1500. The minimum atomic E-state index is -3.41. The molecule has 1 aromatic heterocycles. The van der Waals surface area contributed by atoms with Crippen LogP contribution in [0.1, 0.15) is 20.7 Å². The van der Waals surface area contributed by atoms with E-state index in [1.807, 2.05) is 0 Å². The van der Waals surface area contributed by atoms with Crippen molar-refractivity contribution in [2.45, 2.75) is 4.90 Å². The predicted molar refractivity (Wildman–Crippen MR) is 139 cm³/mol. The van der Waals surface area contributed by atoms with Crippen molar-refractivity contribution in [2.24, 2.45) is 0 Å². The highest BCUT2D eigenvalue weighted by molar-refractivity contribution is 9.10. The summed E-state index contributed by atoms with van der Waals surface area (Å²) in [6, 6.07) is 23.4. The van der Waals surface area contributed by atoms with Crippen LogP contribution in [0.3, 0.4) is 0 Å². The molecule has 0 atom stereocenters. The number of carbonyl (C=O) groups excluding carboxylic acids is 2. The average Bonchev–Trinajstić information content (AvgIpc) is 2.85. The molecule has 9 heteroatoms. The van der Waals surface area contributed by atoms with E-state index in [1.165, 1.54) is 0 Å². The Kier molecular flexibility index (Phi) is 7.09.